The van der Waals surface area contributed by atoms with Crippen LogP contribution in [-0.4, -0.2) is 35.8 Å². The van der Waals surface area contributed by atoms with Gasteiger partial charge >= 0.3 is 0 Å². The van der Waals surface area contributed by atoms with Crippen molar-refractivity contribution in [1.29, 1.82) is 0 Å². The Labute approximate surface area is 157 Å². The molecule has 4 nitrogen and oxygen atoms in total. The molecule has 1 aliphatic heterocycles. The predicted molar refractivity (Wildman–Crippen MR) is 104 cm³/mol. The van der Waals surface area contributed by atoms with Gasteiger partial charge in [-0.25, -0.2) is 0 Å². The van der Waals surface area contributed by atoms with E-state index in [1.54, 1.807) is 0 Å². The third-order valence-electron chi connectivity index (χ3n) is 5.94. The molecule has 0 aromatic heterocycles. The maximum atomic E-state index is 12.7. The Hall–Kier alpha value is -1.84. The van der Waals surface area contributed by atoms with E-state index in [1.165, 1.54) is 24.8 Å². The van der Waals surface area contributed by atoms with Gasteiger partial charge in [0.05, 0.1) is 0 Å². The highest BCUT2D eigenvalue weighted by atomic mass is 16.2. The van der Waals surface area contributed by atoms with Crippen LogP contribution >= 0.6 is 0 Å². The van der Waals surface area contributed by atoms with Crippen molar-refractivity contribution in [2.45, 2.75) is 64.3 Å². The fourth-order valence-electron chi connectivity index (χ4n) is 4.29. The number of nitrogens with one attached hydrogen (secondary N) is 1. The minimum Gasteiger partial charge on any atom is -0.353 e. The van der Waals surface area contributed by atoms with Crippen LogP contribution < -0.4 is 5.32 Å². The molecule has 0 bridgehead atoms. The minimum atomic E-state index is 0.00535. The van der Waals surface area contributed by atoms with Crippen molar-refractivity contribution in [1.82, 2.24) is 10.2 Å². The highest BCUT2D eigenvalue weighted by Crippen LogP contribution is 2.24. The van der Waals surface area contributed by atoms with Crippen LogP contribution in [0.25, 0.3) is 0 Å². The van der Waals surface area contributed by atoms with E-state index in [0.29, 0.717) is 0 Å². The lowest BCUT2D eigenvalue weighted by molar-refractivity contribution is -0.136. The first-order valence-corrected chi connectivity index (χ1v) is 10.3. The fourth-order valence-corrected chi connectivity index (χ4v) is 4.29. The molecule has 26 heavy (non-hydrogen) atoms. The quantitative estimate of drug-likeness (QED) is 0.877. The molecule has 1 aromatic rings. The molecule has 1 aliphatic carbocycles. The van der Waals surface area contributed by atoms with E-state index in [1.807, 2.05) is 30.0 Å². The Morgan fingerprint density at radius 3 is 2.35 bits per heavy atom. The van der Waals surface area contributed by atoms with Crippen LogP contribution in [0.5, 0.6) is 0 Å². The van der Waals surface area contributed by atoms with E-state index in [9.17, 15) is 9.59 Å². The number of hydrogen-bond donors (Lipinski definition) is 1. The van der Waals surface area contributed by atoms with Gasteiger partial charge in [0, 0.05) is 31.0 Å². The molecule has 142 valence electrons. The van der Waals surface area contributed by atoms with Crippen LogP contribution in [-0.2, 0) is 16.0 Å². The summed E-state index contributed by atoms with van der Waals surface area (Å²) < 4.78 is 0. The molecule has 2 aliphatic rings. The largest absolute Gasteiger partial charge is 0.353 e. The monoisotopic (exact) mass is 356 g/mol. The summed E-state index contributed by atoms with van der Waals surface area (Å²) in [4.78, 5) is 27.1. The summed E-state index contributed by atoms with van der Waals surface area (Å²) in [5.41, 5.74) is 1.21. The van der Waals surface area contributed by atoms with Crippen LogP contribution in [0.2, 0.25) is 0 Å². The minimum absolute atomic E-state index is 0.00535. The smallest absolute Gasteiger partial charge is 0.225 e. The van der Waals surface area contributed by atoms with Crippen molar-refractivity contribution in [3.05, 3.63) is 35.9 Å². The van der Waals surface area contributed by atoms with Gasteiger partial charge in [-0.1, -0.05) is 56.5 Å². The zero-order valence-corrected chi connectivity index (χ0v) is 16.0. The molecule has 1 saturated heterocycles. The van der Waals surface area contributed by atoms with E-state index in [-0.39, 0.29) is 29.7 Å². The molecular weight excluding hydrogens is 324 g/mol. The summed E-state index contributed by atoms with van der Waals surface area (Å²) in [7, 11) is 0. The first-order valence-electron chi connectivity index (χ1n) is 10.3. The molecule has 0 radical (unpaired) electrons. The van der Waals surface area contributed by atoms with Gasteiger partial charge in [-0.3, -0.25) is 9.59 Å². The van der Waals surface area contributed by atoms with Gasteiger partial charge in [0.25, 0.3) is 0 Å². The molecule has 1 N–H and O–H groups in total. The maximum Gasteiger partial charge on any atom is 0.225 e. The Morgan fingerprint density at radius 2 is 1.69 bits per heavy atom. The summed E-state index contributed by atoms with van der Waals surface area (Å²) in [5, 5.41) is 3.24. The average Bonchev–Trinajstić information content (AvgIpc) is 2.69. The third-order valence-corrected chi connectivity index (χ3v) is 5.94. The lowest BCUT2D eigenvalue weighted by Gasteiger charge is -2.35. The summed E-state index contributed by atoms with van der Waals surface area (Å²) in [5.74, 6) is 0.706. The van der Waals surface area contributed by atoms with Crippen molar-refractivity contribution in [2.75, 3.05) is 13.1 Å². The first-order chi connectivity index (χ1) is 12.6. The topological polar surface area (TPSA) is 49.4 Å². The number of likely N-dealkylation sites (tertiary alicyclic amines) is 1. The predicted octanol–water partition coefficient (Wildman–Crippen LogP) is 3.55. The van der Waals surface area contributed by atoms with Crippen LogP contribution in [0.15, 0.2) is 30.3 Å². The number of nitrogens with zero attached hydrogens (tertiary/aromatic N) is 1. The standard InChI is InChI=1S/C22H32N2O2/c1-17(16-18-8-4-2-5-9-18)22(26)24-14-12-20(13-15-24)23-21(25)19-10-6-3-7-11-19/h2,4-5,8-9,17,19-20H,3,6-7,10-16H2,1H3,(H,23,25). The highest BCUT2D eigenvalue weighted by molar-refractivity contribution is 5.80. The molecule has 1 unspecified atom stereocenters. The van der Waals surface area contributed by atoms with Crippen molar-refractivity contribution in [2.24, 2.45) is 11.8 Å². The second kappa shape index (κ2) is 9.20. The van der Waals surface area contributed by atoms with E-state index >= 15 is 0 Å². The second-order valence-electron chi connectivity index (χ2n) is 8.03. The van der Waals surface area contributed by atoms with Gasteiger partial charge in [-0.05, 0) is 37.7 Å². The van der Waals surface area contributed by atoms with E-state index in [0.717, 1.165) is 45.2 Å². The van der Waals surface area contributed by atoms with Gasteiger partial charge in [0.2, 0.25) is 11.8 Å². The van der Waals surface area contributed by atoms with Gasteiger partial charge in [0.15, 0.2) is 0 Å². The molecule has 1 atom stereocenters. The molecule has 4 heteroatoms. The highest BCUT2D eigenvalue weighted by Gasteiger charge is 2.28. The van der Waals surface area contributed by atoms with Gasteiger partial charge in [-0.15, -0.1) is 0 Å². The summed E-state index contributed by atoms with van der Waals surface area (Å²) in [6.07, 6.45) is 8.27. The van der Waals surface area contributed by atoms with Crippen molar-refractivity contribution < 1.29 is 9.59 Å². The zero-order valence-electron chi connectivity index (χ0n) is 16.0. The number of hydrogen-bond acceptors (Lipinski definition) is 2. The Balaban J connectivity index is 1.42. The van der Waals surface area contributed by atoms with Crippen LogP contribution in [0, 0.1) is 11.8 Å². The number of piperidine rings is 1. The Bertz CT molecular complexity index is 587. The zero-order chi connectivity index (χ0) is 18.4. The summed E-state index contributed by atoms with van der Waals surface area (Å²) in [6.45, 7) is 3.54. The van der Waals surface area contributed by atoms with Crippen LogP contribution in [0.1, 0.15) is 57.4 Å². The summed E-state index contributed by atoms with van der Waals surface area (Å²) >= 11 is 0. The summed E-state index contributed by atoms with van der Waals surface area (Å²) in [6, 6.07) is 10.4. The molecule has 0 spiro atoms. The third kappa shape index (κ3) is 5.09. The van der Waals surface area contributed by atoms with Gasteiger partial charge < -0.3 is 10.2 Å². The number of carbonyl (C=O) groups is 2. The first kappa shape index (κ1) is 18.9. The van der Waals surface area contributed by atoms with Crippen molar-refractivity contribution in [3.63, 3.8) is 0 Å². The average molecular weight is 357 g/mol. The van der Waals surface area contributed by atoms with Gasteiger partial charge in [-0.2, -0.15) is 0 Å². The Morgan fingerprint density at radius 1 is 1.04 bits per heavy atom. The van der Waals surface area contributed by atoms with Crippen LogP contribution in [0.3, 0.4) is 0 Å². The van der Waals surface area contributed by atoms with Crippen molar-refractivity contribution >= 4 is 11.8 Å². The molecule has 1 heterocycles. The fraction of sp³-hybridized carbons (Fsp3) is 0.636. The number of rotatable bonds is 5. The number of amides is 2. The molecule has 1 saturated carbocycles. The lowest BCUT2D eigenvalue weighted by atomic mass is 9.88. The van der Waals surface area contributed by atoms with Gasteiger partial charge in [0.1, 0.15) is 0 Å². The molecule has 2 fully saturated rings. The number of carbonyl (C=O) groups excluding carboxylic acids is 2. The normalized spacial score (nSPS) is 20.6. The molecule has 1 aromatic carbocycles. The molecule has 3 rings (SSSR count). The van der Waals surface area contributed by atoms with Crippen molar-refractivity contribution in [3.8, 4) is 0 Å². The van der Waals surface area contributed by atoms with E-state index in [4.69, 9.17) is 0 Å². The SMILES string of the molecule is CC(Cc1ccccc1)C(=O)N1CCC(NC(=O)C2CCCCC2)CC1. The Kier molecular flexibility index (Phi) is 6.70. The molecule has 2 amide bonds. The van der Waals surface area contributed by atoms with E-state index in [2.05, 4.69) is 17.4 Å². The van der Waals surface area contributed by atoms with E-state index < -0.39 is 0 Å². The second-order valence-corrected chi connectivity index (χ2v) is 8.03. The lowest BCUT2D eigenvalue weighted by Crippen LogP contribution is -2.49. The molecular formula is C22H32N2O2. The van der Waals surface area contributed by atoms with Crippen LogP contribution in [0.4, 0.5) is 0 Å². The maximum absolute atomic E-state index is 12.7. The number of benzene rings is 1.